The van der Waals surface area contributed by atoms with Gasteiger partial charge in [-0.1, -0.05) is 12.1 Å². The van der Waals surface area contributed by atoms with Crippen molar-refractivity contribution in [3.63, 3.8) is 0 Å². The van der Waals surface area contributed by atoms with Crippen LogP contribution in [0.5, 0.6) is 11.5 Å². The summed E-state index contributed by atoms with van der Waals surface area (Å²) in [5, 5.41) is 3.12. The van der Waals surface area contributed by atoms with Gasteiger partial charge in [0.05, 0.1) is 0 Å². The molecule has 120 valence electrons. The van der Waals surface area contributed by atoms with Gasteiger partial charge in [0, 0.05) is 12.2 Å². The molecule has 1 aliphatic heterocycles. The zero-order valence-corrected chi connectivity index (χ0v) is 13.4. The maximum atomic E-state index is 5.94. The molecule has 2 aromatic carbocycles. The first-order valence-electron chi connectivity index (χ1n) is 7.64. The second kappa shape index (κ2) is 6.60. The summed E-state index contributed by atoms with van der Waals surface area (Å²) >= 11 is 0. The normalized spacial score (nSPS) is 13.2. The van der Waals surface area contributed by atoms with Gasteiger partial charge in [-0.25, -0.2) is 0 Å². The summed E-state index contributed by atoms with van der Waals surface area (Å²) in [6, 6.07) is 12.1. The lowest BCUT2D eigenvalue weighted by Gasteiger charge is -2.08. The van der Waals surface area contributed by atoms with E-state index in [2.05, 4.69) is 36.3 Å². The van der Waals surface area contributed by atoms with Gasteiger partial charge in [-0.3, -0.25) is 4.99 Å². The Hall–Kier alpha value is -2.69. The molecule has 5 heteroatoms. The molecule has 0 unspecified atom stereocenters. The number of benzene rings is 2. The number of rotatable bonds is 4. The van der Waals surface area contributed by atoms with E-state index in [0.29, 0.717) is 19.3 Å². The average molecular weight is 311 g/mol. The molecule has 3 rings (SSSR count). The Morgan fingerprint density at radius 3 is 2.74 bits per heavy atom. The highest BCUT2D eigenvalue weighted by Crippen LogP contribution is 2.32. The van der Waals surface area contributed by atoms with E-state index in [1.54, 1.807) is 0 Å². The van der Waals surface area contributed by atoms with Crippen molar-refractivity contribution in [3.05, 3.63) is 53.1 Å². The average Bonchev–Trinajstić information content (AvgIpc) is 2.98. The molecule has 23 heavy (non-hydrogen) atoms. The molecule has 0 spiro atoms. The quantitative estimate of drug-likeness (QED) is 0.673. The van der Waals surface area contributed by atoms with E-state index in [0.717, 1.165) is 29.2 Å². The first-order valence-corrected chi connectivity index (χ1v) is 7.64. The van der Waals surface area contributed by atoms with Crippen LogP contribution >= 0.6 is 0 Å². The smallest absolute Gasteiger partial charge is 0.231 e. The van der Waals surface area contributed by atoms with Crippen LogP contribution in [-0.4, -0.2) is 19.3 Å². The van der Waals surface area contributed by atoms with E-state index < -0.39 is 0 Å². The number of hydrogen-bond acceptors (Lipinski definition) is 3. The van der Waals surface area contributed by atoms with E-state index in [-0.39, 0.29) is 0 Å². The lowest BCUT2D eigenvalue weighted by molar-refractivity contribution is 0.174. The van der Waals surface area contributed by atoms with E-state index in [9.17, 15) is 0 Å². The van der Waals surface area contributed by atoms with Crippen LogP contribution in [0.2, 0.25) is 0 Å². The van der Waals surface area contributed by atoms with Gasteiger partial charge in [-0.05, 0) is 61.2 Å². The van der Waals surface area contributed by atoms with Crippen LogP contribution in [0, 0.1) is 13.8 Å². The van der Waals surface area contributed by atoms with Crippen molar-refractivity contribution in [1.82, 2.24) is 0 Å². The molecule has 0 aliphatic carbocycles. The van der Waals surface area contributed by atoms with Crippen LogP contribution in [0.4, 0.5) is 5.69 Å². The van der Waals surface area contributed by atoms with E-state index >= 15 is 0 Å². The van der Waals surface area contributed by atoms with E-state index in [1.165, 1.54) is 11.1 Å². The number of guanidine groups is 1. The fraction of sp³-hybridized carbons (Fsp3) is 0.278. The summed E-state index contributed by atoms with van der Waals surface area (Å²) in [4.78, 5) is 4.37. The Balaban J connectivity index is 1.56. The van der Waals surface area contributed by atoms with E-state index in [4.69, 9.17) is 15.2 Å². The van der Waals surface area contributed by atoms with Crippen molar-refractivity contribution in [3.8, 4) is 11.5 Å². The van der Waals surface area contributed by atoms with Crippen LogP contribution in [0.25, 0.3) is 0 Å². The highest BCUT2D eigenvalue weighted by molar-refractivity contribution is 5.92. The number of ether oxygens (including phenoxy) is 2. The van der Waals surface area contributed by atoms with Crippen molar-refractivity contribution in [2.45, 2.75) is 20.3 Å². The first kappa shape index (κ1) is 15.2. The first-order chi connectivity index (χ1) is 11.1. The van der Waals surface area contributed by atoms with Crippen LogP contribution in [0.3, 0.4) is 0 Å². The predicted molar refractivity (Wildman–Crippen MR) is 92.3 cm³/mol. The molecule has 1 aliphatic rings. The lowest BCUT2D eigenvalue weighted by atomic mass is 10.1. The van der Waals surface area contributed by atoms with Gasteiger partial charge in [0.15, 0.2) is 17.5 Å². The van der Waals surface area contributed by atoms with Gasteiger partial charge < -0.3 is 20.5 Å². The summed E-state index contributed by atoms with van der Waals surface area (Å²) in [7, 11) is 0. The SMILES string of the molecule is Cc1ccc(NC(N)=NCCc2ccc3c(c2)OCO3)cc1C. The zero-order chi connectivity index (χ0) is 16.2. The third kappa shape index (κ3) is 3.74. The van der Waals surface area contributed by atoms with Gasteiger partial charge in [0.1, 0.15) is 0 Å². The molecular formula is C18H21N3O2. The molecule has 0 fully saturated rings. The Kier molecular flexibility index (Phi) is 4.37. The minimum absolute atomic E-state index is 0.295. The molecule has 1 heterocycles. The second-order valence-electron chi connectivity index (χ2n) is 5.63. The lowest BCUT2D eigenvalue weighted by Crippen LogP contribution is -2.23. The maximum Gasteiger partial charge on any atom is 0.231 e. The van der Waals surface area contributed by atoms with Crippen LogP contribution in [0.1, 0.15) is 16.7 Å². The van der Waals surface area contributed by atoms with Crippen LogP contribution in [-0.2, 0) is 6.42 Å². The third-order valence-electron chi connectivity index (χ3n) is 3.90. The molecule has 0 aromatic heterocycles. The zero-order valence-electron chi connectivity index (χ0n) is 13.4. The molecule has 0 bridgehead atoms. The van der Waals surface area contributed by atoms with Gasteiger partial charge in [-0.2, -0.15) is 0 Å². The summed E-state index contributed by atoms with van der Waals surface area (Å²) < 4.78 is 10.7. The monoisotopic (exact) mass is 311 g/mol. The largest absolute Gasteiger partial charge is 0.454 e. The van der Waals surface area contributed by atoms with Crippen molar-refractivity contribution in [1.29, 1.82) is 0 Å². The molecule has 2 aromatic rings. The van der Waals surface area contributed by atoms with Crippen LogP contribution in [0.15, 0.2) is 41.4 Å². The Labute approximate surface area is 136 Å². The summed E-state index contributed by atoms with van der Waals surface area (Å²) in [5.41, 5.74) is 10.5. The van der Waals surface area contributed by atoms with E-state index in [1.807, 2.05) is 24.3 Å². The van der Waals surface area contributed by atoms with Crippen molar-refractivity contribution in [2.75, 3.05) is 18.7 Å². The molecule has 0 saturated heterocycles. The summed E-state index contributed by atoms with van der Waals surface area (Å²) in [6.45, 7) is 5.07. The van der Waals surface area contributed by atoms with Gasteiger partial charge in [0.25, 0.3) is 0 Å². The van der Waals surface area contributed by atoms with Gasteiger partial charge in [0.2, 0.25) is 6.79 Å². The standard InChI is InChI=1S/C18H21N3O2/c1-12-3-5-15(9-13(12)2)21-18(19)20-8-7-14-4-6-16-17(10-14)23-11-22-16/h3-6,9-10H,7-8,11H2,1-2H3,(H3,19,20,21). The predicted octanol–water partition coefficient (Wildman–Crippen LogP) is 3.00. The van der Waals surface area contributed by atoms with Crippen molar-refractivity contribution >= 4 is 11.6 Å². The minimum Gasteiger partial charge on any atom is -0.454 e. The number of nitrogens with two attached hydrogens (primary N) is 1. The summed E-state index contributed by atoms with van der Waals surface area (Å²) in [5.74, 6) is 2.02. The fourth-order valence-corrected chi connectivity index (χ4v) is 2.41. The molecule has 0 radical (unpaired) electrons. The highest BCUT2D eigenvalue weighted by atomic mass is 16.7. The van der Waals surface area contributed by atoms with Crippen LogP contribution < -0.4 is 20.5 Å². The number of anilines is 1. The number of aliphatic imine (C=N–C) groups is 1. The minimum atomic E-state index is 0.295. The molecule has 0 atom stereocenters. The number of fused-ring (bicyclic) bond motifs is 1. The maximum absolute atomic E-state index is 5.94. The Morgan fingerprint density at radius 1 is 1.09 bits per heavy atom. The molecule has 0 saturated carbocycles. The summed E-state index contributed by atoms with van der Waals surface area (Å²) in [6.07, 6.45) is 0.798. The third-order valence-corrected chi connectivity index (χ3v) is 3.90. The molecule has 0 amide bonds. The van der Waals surface area contributed by atoms with Gasteiger partial charge >= 0.3 is 0 Å². The van der Waals surface area contributed by atoms with Crippen molar-refractivity contribution in [2.24, 2.45) is 10.7 Å². The number of hydrogen-bond donors (Lipinski definition) is 2. The number of nitrogens with zero attached hydrogens (tertiary/aromatic N) is 1. The number of nitrogens with one attached hydrogen (secondary N) is 1. The number of aryl methyl sites for hydroxylation is 2. The molecular weight excluding hydrogens is 290 g/mol. The fourth-order valence-electron chi connectivity index (χ4n) is 2.41. The highest BCUT2D eigenvalue weighted by Gasteiger charge is 2.12. The molecule has 5 nitrogen and oxygen atoms in total. The Morgan fingerprint density at radius 2 is 1.91 bits per heavy atom. The van der Waals surface area contributed by atoms with Gasteiger partial charge in [-0.15, -0.1) is 0 Å². The topological polar surface area (TPSA) is 68.9 Å². The Bertz CT molecular complexity index is 741. The van der Waals surface area contributed by atoms with Crippen molar-refractivity contribution < 1.29 is 9.47 Å². The second-order valence-corrected chi connectivity index (χ2v) is 5.63. The molecule has 3 N–H and O–H groups in total.